The van der Waals surface area contributed by atoms with Gasteiger partial charge >= 0.3 is 0 Å². The second-order valence-electron chi connectivity index (χ2n) is 5.69. The third-order valence-electron chi connectivity index (χ3n) is 4.22. The van der Waals surface area contributed by atoms with Crippen LogP contribution in [-0.4, -0.2) is 19.3 Å². The van der Waals surface area contributed by atoms with Crippen molar-refractivity contribution in [3.8, 4) is 0 Å². The topological polar surface area (TPSA) is 21.3 Å². The van der Waals surface area contributed by atoms with Gasteiger partial charge in [-0.05, 0) is 42.5 Å². The van der Waals surface area contributed by atoms with Gasteiger partial charge in [0.25, 0.3) is 0 Å². The Bertz CT molecular complexity index is 555. The van der Waals surface area contributed by atoms with Crippen LogP contribution in [0.2, 0.25) is 0 Å². The van der Waals surface area contributed by atoms with Gasteiger partial charge in [-0.3, -0.25) is 0 Å². The number of rotatable bonds is 4. The molecule has 20 heavy (non-hydrogen) atoms. The average Bonchev–Trinajstić information content (AvgIpc) is 2.53. The molecule has 106 valence electrons. The van der Waals surface area contributed by atoms with Crippen molar-refractivity contribution in [2.45, 2.75) is 38.3 Å². The van der Waals surface area contributed by atoms with Crippen LogP contribution in [0.25, 0.3) is 10.8 Å². The zero-order chi connectivity index (χ0) is 13.8. The molecular formula is C18H23NO. The summed E-state index contributed by atoms with van der Waals surface area (Å²) in [6.45, 7) is 4.12. The summed E-state index contributed by atoms with van der Waals surface area (Å²) in [7, 11) is 0. The fourth-order valence-corrected chi connectivity index (χ4v) is 3.01. The van der Waals surface area contributed by atoms with E-state index >= 15 is 0 Å². The summed E-state index contributed by atoms with van der Waals surface area (Å²) in [5.74, 6) is 0. The van der Waals surface area contributed by atoms with Crippen molar-refractivity contribution in [1.82, 2.24) is 5.32 Å². The normalized spacial score (nSPS) is 20.9. The second-order valence-corrected chi connectivity index (χ2v) is 5.69. The van der Waals surface area contributed by atoms with Gasteiger partial charge in [0.1, 0.15) is 0 Å². The Morgan fingerprint density at radius 3 is 2.85 bits per heavy atom. The van der Waals surface area contributed by atoms with E-state index < -0.39 is 0 Å². The molecule has 2 unspecified atom stereocenters. The van der Waals surface area contributed by atoms with Gasteiger partial charge in [-0.1, -0.05) is 42.5 Å². The number of benzene rings is 2. The average molecular weight is 269 g/mol. The van der Waals surface area contributed by atoms with E-state index in [2.05, 4.69) is 54.7 Å². The molecule has 1 saturated heterocycles. The Hall–Kier alpha value is -1.38. The molecule has 1 aliphatic rings. The maximum Gasteiger partial charge on any atom is 0.0699 e. The molecule has 0 spiro atoms. The molecule has 3 rings (SSSR count). The zero-order valence-corrected chi connectivity index (χ0v) is 12.1. The number of hydrogen-bond acceptors (Lipinski definition) is 2. The minimum absolute atomic E-state index is 0.353. The van der Waals surface area contributed by atoms with Crippen LogP contribution in [-0.2, 0) is 4.74 Å². The summed E-state index contributed by atoms with van der Waals surface area (Å²) in [6.07, 6.45) is 4.10. The number of ether oxygens (including phenoxy) is 1. The van der Waals surface area contributed by atoms with Crippen LogP contribution in [0.4, 0.5) is 0 Å². The van der Waals surface area contributed by atoms with Gasteiger partial charge in [0, 0.05) is 19.2 Å². The van der Waals surface area contributed by atoms with Gasteiger partial charge in [0.2, 0.25) is 0 Å². The Morgan fingerprint density at radius 2 is 2.00 bits per heavy atom. The Labute approximate surface area is 121 Å². The molecular weight excluding hydrogens is 246 g/mol. The van der Waals surface area contributed by atoms with E-state index in [4.69, 9.17) is 4.74 Å². The molecule has 2 nitrogen and oxygen atoms in total. The Morgan fingerprint density at radius 1 is 1.15 bits per heavy atom. The van der Waals surface area contributed by atoms with Crippen molar-refractivity contribution in [2.75, 3.05) is 13.2 Å². The standard InChI is InChI=1S/C18H23NO/c1-14(19-13-16-9-4-5-12-20-16)17-11-6-8-15-7-2-3-10-18(15)17/h2-3,6-8,10-11,14,16,19H,4-5,9,12-13H2,1H3. The van der Waals surface area contributed by atoms with Gasteiger partial charge in [0.05, 0.1) is 6.10 Å². The monoisotopic (exact) mass is 269 g/mol. The molecule has 1 heterocycles. The molecule has 1 fully saturated rings. The predicted octanol–water partition coefficient (Wildman–Crippen LogP) is 4.06. The fraction of sp³-hybridized carbons (Fsp3) is 0.444. The second kappa shape index (κ2) is 6.38. The molecule has 2 atom stereocenters. The van der Waals surface area contributed by atoms with Crippen molar-refractivity contribution in [3.05, 3.63) is 48.0 Å². The van der Waals surface area contributed by atoms with Crippen LogP contribution >= 0.6 is 0 Å². The molecule has 2 aromatic carbocycles. The largest absolute Gasteiger partial charge is 0.377 e. The summed E-state index contributed by atoms with van der Waals surface area (Å²) in [4.78, 5) is 0. The van der Waals surface area contributed by atoms with Crippen LogP contribution < -0.4 is 5.32 Å². The first-order valence-electron chi connectivity index (χ1n) is 7.67. The van der Waals surface area contributed by atoms with Crippen molar-refractivity contribution in [2.24, 2.45) is 0 Å². The molecule has 1 aliphatic heterocycles. The zero-order valence-electron chi connectivity index (χ0n) is 12.1. The van der Waals surface area contributed by atoms with Crippen LogP contribution in [0, 0.1) is 0 Å². The molecule has 0 aliphatic carbocycles. The lowest BCUT2D eigenvalue weighted by atomic mass is 9.99. The number of nitrogens with one attached hydrogen (secondary N) is 1. The number of hydrogen-bond donors (Lipinski definition) is 1. The minimum Gasteiger partial charge on any atom is -0.377 e. The van der Waals surface area contributed by atoms with Crippen molar-refractivity contribution < 1.29 is 4.74 Å². The molecule has 0 bridgehead atoms. The van der Waals surface area contributed by atoms with Crippen molar-refractivity contribution in [3.63, 3.8) is 0 Å². The minimum atomic E-state index is 0.353. The van der Waals surface area contributed by atoms with Gasteiger partial charge in [-0.2, -0.15) is 0 Å². The molecule has 0 amide bonds. The molecule has 1 N–H and O–H groups in total. The van der Waals surface area contributed by atoms with E-state index in [0.717, 1.165) is 13.2 Å². The lowest BCUT2D eigenvalue weighted by molar-refractivity contribution is 0.0156. The molecule has 0 aromatic heterocycles. The lowest BCUT2D eigenvalue weighted by Crippen LogP contribution is -2.33. The fourth-order valence-electron chi connectivity index (χ4n) is 3.01. The molecule has 2 heteroatoms. The van der Waals surface area contributed by atoms with Gasteiger partial charge in [-0.15, -0.1) is 0 Å². The smallest absolute Gasteiger partial charge is 0.0699 e. The van der Waals surface area contributed by atoms with Gasteiger partial charge < -0.3 is 10.1 Å². The van der Waals surface area contributed by atoms with Gasteiger partial charge in [-0.25, -0.2) is 0 Å². The van der Waals surface area contributed by atoms with Crippen LogP contribution in [0.1, 0.15) is 37.8 Å². The van der Waals surface area contributed by atoms with Gasteiger partial charge in [0.15, 0.2) is 0 Å². The Balaban J connectivity index is 1.70. The lowest BCUT2D eigenvalue weighted by Gasteiger charge is -2.25. The van der Waals surface area contributed by atoms with E-state index in [0.29, 0.717) is 12.1 Å². The summed E-state index contributed by atoms with van der Waals surface area (Å²) in [5.41, 5.74) is 1.37. The van der Waals surface area contributed by atoms with Crippen LogP contribution in [0.5, 0.6) is 0 Å². The number of fused-ring (bicyclic) bond motifs is 1. The third-order valence-corrected chi connectivity index (χ3v) is 4.22. The maximum atomic E-state index is 5.79. The third kappa shape index (κ3) is 3.02. The summed E-state index contributed by atoms with van der Waals surface area (Å²) >= 11 is 0. The van der Waals surface area contributed by atoms with E-state index in [9.17, 15) is 0 Å². The van der Waals surface area contributed by atoms with E-state index in [1.807, 2.05) is 0 Å². The van der Waals surface area contributed by atoms with Crippen LogP contribution in [0.15, 0.2) is 42.5 Å². The van der Waals surface area contributed by atoms with E-state index in [1.54, 1.807) is 0 Å². The first kappa shape index (κ1) is 13.6. The first-order chi connectivity index (χ1) is 9.84. The predicted molar refractivity (Wildman–Crippen MR) is 84.0 cm³/mol. The highest BCUT2D eigenvalue weighted by Gasteiger charge is 2.15. The van der Waals surface area contributed by atoms with Crippen molar-refractivity contribution >= 4 is 10.8 Å². The quantitative estimate of drug-likeness (QED) is 0.903. The molecule has 0 radical (unpaired) electrons. The summed E-state index contributed by atoms with van der Waals surface area (Å²) in [5, 5.41) is 6.30. The highest BCUT2D eigenvalue weighted by atomic mass is 16.5. The van der Waals surface area contributed by atoms with E-state index in [-0.39, 0.29) is 0 Å². The van der Waals surface area contributed by atoms with E-state index in [1.165, 1.54) is 35.6 Å². The Kier molecular flexibility index (Phi) is 4.34. The SMILES string of the molecule is CC(NCC1CCCCO1)c1cccc2ccccc12. The first-order valence-corrected chi connectivity index (χ1v) is 7.67. The van der Waals surface area contributed by atoms with Crippen LogP contribution in [0.3, 0.4) is 0 Å². The highest BCUT2D eigenvalue weighted by Crippen LogP contribution is 2.24. The highest BCUT2D eigenvalue weighted by molar-refractivity contribution is 5.86. The molecule has 2 aromatic rings. The van der Waals surface area contributed by atoms with Crippen molar-refractivity contribution in [1.29, 1.82) is 0 Å². The summed E-state index contributed by atoms with van der Waals surface area (Å²) in [6, 6.07) is 15.5. The maximum absolute atomic E-state index is 5.79. The summed E-state index contributed by atoms with van der Waals surface area (Å²) < 4.78 is 5.79. The molecule has 0 saturated carbocycles.